The average Bonchev–Trinajstić information content (AvgIpc) is 3.31. The number of aliphatic hydroxyl groups excluding tert-OH is 1. The molecule has 2 unspecified atom stereocenters. The largest absolute Gasteiger partial charge is 0.391 e. The smallest absolute Gasteiger partial charge is 0.145 e. The van der Waals surface area contributed by atoms with Crippen molar-refractivity contribution in [2.24, 2.45) is 5.92 Å². The molecular weight excluding hydrogens is 400 g/mol. The van der Waals surface area contributed by atoms with Crippen molar-refractivity contribution < 1.29 is 5.11 Å². The number of benzene rings is 1. The molecule has 1 aliphatic carbocycles. The highest BCUT2D eigenvalue weighted by atomic mass is 35.5. The molecule has 3 heterocycles. The number of nitrogens with zero attached hydrogens (tertiary/aromatic N) is 4. The lowest BCUT2D eigenvalue weighted by Crippen LogP contribution is -2.17. The minimum Gasteiger partial charge on any atom is -0.391 e. The minimum atomic E-state index is -0.401. The topological polar surface area (TPSA) is 116 Å². The second kappa shape index (κ2) is 7.41. The van der Waals surface area contributed by atoms with E-state index < -0.39 is 6.10 Å². The van der Waals surface area contributed by atoms with Crippen LogP contribution in [0, 0.1) is 5.92 Å². The number of aryl methyl sites for hydroxylation is 1. The van der Waals surface area contributed by atoms with Crippen LogP contribution in [0.4, 0.5) is 11.6 Å². The number of aromatic nitrogens is 4. The standard InChI is InChI=1S/C22H23ClN6O/c23-16-10-14-4-3-12(7-17(14)28-21(16)25)1-2-13-8-18(19(30)9-13)29-6-5-15-20(24)26-11-27-22(15)29/h3-7,10-11,13,18-19,30H,1-2,8-9H2,(H2,25,28)(H2,24,26,27)/t13?,18?,19-/m1/s1. The molecule has 1 fully saturated rings. The lowest BCUT2D eigenvalue weighted by Gasteiger charge is -2.17. The zero-order valence-electron chi connectivity index (χ0n) is 16.4. The monoisotopic (exact) mass is 422 g/mol. The maximum absolute atomic E-state index is 10.7. The van der Waals surface area contributed by atoms with Gasteiger partial charge in [-0.05, 0) is 55.4 Å². The Morgan fingerprint density at radius 2 is 1.97 bits per heavy atom. The average molecular weight is 423 g/mol. The molecule has 0 aliphatic heterocycles. The van der Waals surface area contributed by atoms with E-state index in [-0.39, 0.29) is 6.04 Å². The number of halogens is 1. The first-order valence-corrected chi connectivity index (χ1v) is 10.5. The van der Waals surface area contributed by atoms with Crippen LogP contribution in [0.15, 0.2) is 42.9 Å². The van der Waals surface area contributed by atoms with Crippen LogP contribution in [-0.4, -0.2) is 30.7 Å². The molecule has 3 atom stereocenters. The number of hydrogen-bond acceptors (Lipinski definition) is 6. The summed E-state index contributed by atoms with van der Waals surface area (Å²) in [6.07, 6.45) is 6.63. The first-order chi connectivity index (χ1) is 14.5. The SMILES string of the molecule is Nc1nc2cc(CCC3CC(n4ccc5c(N)ncnc54)[C@H](O)C3)ccc2cc1Cl. The van der Waals surface area contributed by atoms with Gasteiger partial charge in [-0.15, -0.1) is 0 Å². The lowest BCUT2D eigenvalue weighted by atomic mass is 9.97. The Labute approximate surface area is 178 Å². The zero-order valence-corrected chi connectivity index (χ0v) is 17.1. The number of fused-ring (bicyclic) bond motifs is 2. The van der Waals surface area contributed by atoms with Crippen LogP contribution in [0.2, 0.25) is 5.02 Å². The quantitative estimate of drug-likeness (QED) is 0.461. The van der Waals surface area contributed by atoms with E-state index in [1.54, 1.807) is 0 Å². The highest BCUT2D eigenvalue weighted by Crippen LogP contribution is 2.39. The second-order valence-corrected chi connectivity index (χ2v) is 8.52. The van der Waals surface area contributed by atoms with Crippen LogP contribution in [0.25, 0.3) is 21.9 Å². The lowest BCUT2D eigenvalue weighted by molar-refractivity contribution is 0.136. The molecule has 5 rings (SSSR count). The number of pyridine rings is 1. The second-order valence-electron chi connectivity index (χ2n) is 8.11. The van der Waals surface area contributed by atoms with E-state index in [9.17, 15) is 5.11 Å². The molecule has 0 radical (unpaired) electrons. The summed E-state index contributed by atoms with van der Waals surface area (Å²) in [5.41, 5.74) is 14.6. The van der Waals surface area contributed by atoms with E-state index >= 15 is 0 Å². The molecule has 0 saturated heterocycles. The molecule has 4 aromatic rings. The number of nitrogen functional groups attached to an aromatic ring is 2. The van der Waals surface area contributed by atoms with Gasteiger partial charge in [0.05, 0.1) is 28.1 Å². The van der Waals surface area contributed by atoms with Gasteiger partial charge in [0.15, 0.2) is 0 Å². The van der Waals surface area contributed by atoms with E-state index in [0.717, 1.165) is 47.6 Å². The highest BCUT2D eigenvalue weighted by Gasteiger charge is 2.34. The van der Waals surface area contributed by atoms with Gasteiger partial charge in [-0.25, -0.2) is 15.0 Å². The van der Waals surface area contributed by atoms with Crippen molar-refractivity contribution in [1.82, 2.24) is 19.5 Å². The summed E-state index contributed by atoms with van der Waals surface area (Å²) < 4.78 is 2.05. The zero-order chi connectivity index (χ0) is 20.8. The highest BCUT2D eigenvalue weighted by molar-refractivity contribution is 6.33. The number of aliphatic hydroxyl groups is 1. The molecule has 0 bridgehead atoms. The van der Waals surface area contributed by atoms with E-state index in [1.807, 2.05) is 29.0 Å². The first kappa shape index (κ1) is 19.1. The van der Waals surface area contributed by atoms with Gasteiger partial charge in [0.2, 0.25) is 0 Å². The van der Waals surface area contributed by atoms with Crippen molar-refractivity contribution in [2.45, 2.75) is 37.8 Å². The van der Waals surface area contributed by atoms with Crippen molar-refractivity contribution in [1.29, 1.82) is 0 Å². The van der Waals surface area contributed by atoms with E-state index in [0.29, 0.717) is 22.6 Å². The van der Waals surface area contributed by atoms with Gasteiger partial charge in [-0.1, -0.05) is 23.7 Å². The van der Waals surface area contributed by atoms with Crippen molar-refractivity contribution in [3.8, 4) is 0 Å². The molecule has 30 heavy (non-hydrogen) atoms. The van der Waals surface area contributed by atoms with E-state index in [1.165, 1.54) is 11.9 Å². The van der Waals surface area contributed by atoms with Gasteiger partial charge in [-0.3, -0.25) is 0 Å². The summed E-state index contributed by atoms with van der Waals surface area (Å²) in [5.74, 6) is 1.25. The Morgan fingerprint density at radius 3 is 2.83 bits per heavy atom. The van der Waals surface area contributed by atoms with Gasteiger partial charge in [0.1, 0.15) is 23.6 Å². The molecule has 7 nitrogen and oxygen atoms in total. The number of hydrogen-bond donors (Lipinski definition) is 3. The Balaban J connectivity index is 1.30. The first-order valence-electron chi connectivity index (χ1n) is 10.1. The fourth-order valence-corrected chi connectivity index (χ4v) is 4.77. The summed E-state index contributed by atoms with van der Waals surface area (Å²) in [7, 11) is 0. The maximum atomic E-state index is 10.7. The molecule has 8 heteroatoms. The maximum Gasteiger partial charge on any atom is 0.145 e. The predicted molar refractivity (Wildman–Crippen MR) is 119 cm³/mol. The summed E-state index contributed by atoms with van der Waals surface area (Å²) in [5, 5.41) is 13.0. The van der Waals surface area contributed by atoms with E-state index in [2.05, 4.69) is 27.1 Å². The number of anilines is 2. The molecule has 1 aromatic carbocycles. The number of nitrogens with two attached hydrogens (primary N) is 2. The summed E-state index contributed by atoms with van der Waals surface area (Å²) in [6.45, 7) is 0. The van der Waals surface area contributed by atoms with Gasteiger partial charge < -0.3 is 21.1 Å². The summed E-state index contributed by atoms with van der Waals surface area (Å²) >= 11 is 6.06. The van der Waals surface area contributed by atoms with Gasteiger partial charge in [0.25, 0.3) is 0 Å². The molecule has 154 valence electrons. The predicted octanol–water partition coefficient (Wildman–Crippen LogP) is 3.74. The fraction of sp³-hybridized carbons (Fsp3) is 0.318. The molecule has 1 saturated carbocycles. The third-order valence-electron chi connectivity index (χ3n) is 6.20. The molecule has 0 spiro atoms. The third kappa shape index (κ3) is 3.34. The van der Waals surface area contributed by atoms with Gasteiger partial charge in [-0.2, -0.15) is 0 Å². The van der Waals surface area contributed by atoms with Crippen LogP contribution < -0.4 is 11.5 Å². The van der Waals surface area contributed by atoms with Gasteiger partial charge in [0, 0.05) is 11.6 Å². The molecule has 0 amide bonds. The van der Waals surface area contributed by atoms with Crippen LogP contribution >= 0.6 is 11.6 Å². The summed E-state index contributed by atoms with van der Waals surface area (Å²) in [4.78, 5) is 12.8. The van der Waals surface area contributed by atoms with Crippen LogP contribution in [0.1, 0.15) is 30.9 Å². The summed E-state index contributed by atoms with van der Waals surface area (Å²) in [6, 6.07) is 9.99. The Hall–Kier alpha value is -2.90. The van der Waals surface area contributed by atoms with Crippen molar-refractivity contribution in [2.75, 3.05) is 11.5 Å². The van der Waals surface area contributed by atoms with Crippen molar-refractivity contribution in [3.05, 3.63) is 53.4 Å². The van der Waals surface area contributed by atoms with Crippen LogP contribution in [0.5, 0.6) is 0 Å². The normalized spacial score (nSPS) is 21.6. The minimum absolute atomic E-state index is 0.00186. The van der Waals surface area contributed by atoms with Crippen molar-refractivity contribution >= 4 is 45.2 Å². The molecule has 1 aliphatic rings. The molecule has 5 N–H and O–H groups in total. The van der Waals surface area contributed by atoms with Crippen LogP contribution in [-0.2, 0) is 6.42 Å². The van der Waals surface area contributed by atoms with E-state index in [4.69, 9.17) is 23.1 Å². The number of rotatable bonds is 4. The Morgan fingerprint density at radius 1 is 1.10 bits per heavy atom. The van der Waals surface area contributed by atoms with Crippen molar-refractivity contribution in [3.63, 3.8) is 0 Å². The van der Waals surface area contributed by atoms with Gasteiger partial charge >= 0.3 is 0 Å². The molecule has 3 aromatic heterocycles. The molecular formula is C22H23ClN6O. The fourth-order valence-electron chi connectivity index (χ4n) is 4.61. The Kier molecular flexibility index (Phi) is 4.72. The Bertz CT molecular complexity index is 1240. The third-order valence-corrected chi connectivity index (χ3v) is 6.50. The van der Waals surface area contributed by atoms with Crippen LogP contribution in [0.3, 0.4) is 0 Å².